The molecule has 9 heteroatoms. The van der Waals surface area contributed by atoms with Crippen LogP contribution in [0.3, 0.4) is 0 Å². The molecule has 0 aliphatic rings. The van der Waals surface area contributed by atoms with Gasteiger partial charge in [0.1, 0.15) is 11.5 Å². The zero-order valence-corrected chi connectivity index (χ0v) is 14.7. The number of benzene rings is 2. The summed E-state index contributed by atoms with van der Waals surface area (Å²) in [6.45, 7) is 4.25. The average Bonchev–Trinajstić information content (AvgIpc) is 2.90. The maximum absolute atomic E-state index is 13.8. The Bertz CT molecular complexity index is 1120. The fourth-order valence-electron chi connectivity index (χ4n) is 3.05. The minimum atomic E-state index is -0.809. The summed E-state index contributed by atoms with van der Waals surface area (Å²) in [5.74, 6) is -1.54. The minimum absolute atomic E-state index is 0.101. The summed E-state index contributed by atoms with van der Waals surface area (Å²) in [5.41, 5.74) is -0.134. The highest BCUT2D eigenvalue weighted by atomic mass is 19.1. The van der Waals surface area contributed by atoms with Crippen molar-refractivity contribution in [2.75, 3.05) is 5.32 Å². The zero-order valence-electron chi connectivity index (χ0n) is 14.7. The van der Waals surface area contributed by atoms with Crippen molar-refractivity contribution < 1.29 is 14.1 Å². The van der Waals surface area contributed by atoms with E-state index in [0.29, 0.717) is 24.1 Å². The molecule has 0 radical (unpaired) electrons. The second-order valence-electron chi connectivity index (χ2n) is 5.82. The van der Waals surface area contributed by atoms with Crippen molar-refractivity contribution in [1.29, 1.82) is 0 Å². The first kappa shape index (κ1) is 18.3. The number of aromatic nitrogens is 2. The molecule has 1 amide bonds. The van der Waals surface area contributed by atoms with Crippen molar-refractivity contribution >= 4 is 28.3 Å². The number of nitrogens with zero attached hydrogens (tertiary/aromatic N) is 3. The summed E-state index contributed by atoms with van der Waals surface area (Å²) < 4.78 is 16.7. The Hall–Kier alpha value is -3.49. The van der Waals surface area contributed by atoms with E-state index < -0.39 is 16.6 Å². The molecule has 0 unspecified atom stereocenters. The number of aryl methyl sites for hydroxylation is 2. The van der Waals surface area contributed by atoms with Gasteiger partial charge in [-0.1, -0.05) is 12.1 Å². The summed E-state index contributed by atoms with van der Waals surface area (Å²) >= 11 is 0. The van der Waals surface area contributed by atoms with Crippen molar-refractivity contribution in [3.05, 3.63) is 68.4 Å². The first-order chi connectivity index (χ1) is 12.9. The number of imidazole rings is 1. The van der Waals surface area contributed by atoms with Crippen LogP contribution < -0.4 is 11.0 Å². The van der Waals surface area contributed by atoms with Crippen molar-refractivity contribution in [1.82, 2.24) is 9.13 Å². The highest BCUT2D eigenvalue weighted by Crippen LogP contribution is 2.30. The molecule has 0 bridgehead atoms. The molecule has 1 heterocycles. The highest BCUT2D eigenvalue weighted by Gasteiger charge is 2.23. The van der Waals surface area contributed by atoms with Gasteiger partial charge in [-0.2, -0.15) is 0 Å². The van der Waals surface area contributed by atoms with Gasteiger partial charge in [-0.25, -0.2) is 9.18 Å². The van der Waals surface area contributed by atoms with Crippen molar-refractivity contribution in [2.24, 2.45) is 0 Å². The predicted molar refractivity (Wildman–Crippen MR) is 98.6 cm³/mol. The lowest BCUT2D eigenvalue weighted by Gasteiger charge is -2.08. The Morgan fingerprint density at radius 3 is 2.30 bits per heavy atom. The number of anilines is 1. The van der Waals surface area contributed by atoms with Gasteiger partial charge < -0.3 is 5.32 Å². The quantitative estimate of drug-likeness (QED) is 0.549. The number of hydrogen-bond acceptors (Lipinski definition) is 4. The van der Waals surface area contributed by atoms with Gasteiger partial charge >= 0.3 is 5.69 Å². The molecular formula is C18H17FN4O4. The first-order valence-electron chi connectivity index (χ1n) is 8.36. The maximum Gasteiger partial charge on any atom is 0.329 e. The first-order valence-corrected chi connectivity index (χ1v) is 8.36. The SMILES string of the molecule is CCn1c(=O)n(CC)c2cc([N+](=O)[O-])c(NC(=O)c3ccccc3F)cc21. The number of halogens is 1. The Morgan fingerprint density at radius 2 is 1.74 bits per heavy atom. The smallest absolute Gasteiger partial charge is 0.316 e. The molecule has 8 nitrogen and oxygen atoms in total. The number of rotatable bonds is 5. The molecule has 2 aromatic carbocycles. The molecule has 0 saturated carbocycles. The van der Waals surface area contributed by atoms with Crippen LogP contribution in [0.4, 0.5) is 15.8 Å². The lowest BCUT2D eigenvalue weighted by molar-refractivity contribution is -0.383. The van der Waals surface area contributed by atoms with E-state index in [1.165, 1.54) is 39.5 Å². The number of amides is 1. The van der Waals surface area contributed by atoms with Gasteiger partial charge in [-0.05, 0) is 32.0 Å². The number of nitro benzene ring substituents is 1. The molecule has 0 atom stereocenters. The molecule has 0 fully saturated rings. The standard InChI is InChI=1S/C18H17FN4O4/c1-3-21-15-9-13(20-17(24)11-7-5-6-8-12(11)19)14(23(26)27)10-16(15)22(4-2)18(21)25/h5-10H,3-4H2,1-2H3,(H,20,24). The van der Waals surface area contributed by atoms with Gasteiger partial charge in [0.2, 0.25) is 0 Å². The van der Waals surface area contributed by atoms with E-state index in [-0.39, 0.29) is 22.6 Å². The largest absolute Gasteiger partial charge is 0.329 e. The van der Waals surface area contributed by atoms with E-state index in [1.807, 2.05) is 0 Å². The van der Waals surface area contributed by atoms with Crippen LogP contribution in [0.5, 0.6) is 0 Å². The van der Waals surface area contributed by atoms with Crippen LogP contribution in [0, 0.1) is 15.9 Å². The van der Waals surface area contributed by atoms with Gasteiger partial charge in [0, 0.05) is 19.2 Å². The van der Waals surface area contributed by atoms with Crippen LogP contribution in [0.25, 0.3) is 11.0 Å². The zero-order chi connectivity index (χ0) is 19.7. The van der Waals surface area contributed by atoms with Crippen molar-refractivity contribution in [2.45, 2.75) is 26.9 Å². The van der Waals surface area contributed by atoms with E-state index in [0.717, 1.165) is 6.07 Å². The molecule has 0 spiro atoms. The number of fused-ring (bicyclic) bond motifs is 1. The molecule has 0 aliphatic heterocycles. The molecule has 3 rings (SSSR count). The number of carbonyl (C=O) groups is 1. The third-order valence-electron chi connectivity index (χ3n) is 4.33. The lowest BCUT2D eigenvalue weighted by atomic mass is 10.1. The molecule has 0 saturated heterocycles. The lowest BCUT2D eigenvalue weighted by Crippen LogP contribution is -2.23. The summed E-state index contributed by atoms with van der Waals surface area (Å²) in [6, 6.07) is 7.97. The van der Waals surface area contributed by atoms with Gasteiger partial charge in [0.15, 0.2) is 0 Å². The van der Waals surface area contributed by atoms with E-state index in [9.17, 15) is 24.1 Å². The predicted octanol–water partition coefficient (Wildman–Crippen LogP) is 3.14. The number of nitro groups is 1. The highest BCUT2D eigenvalue weighted by molar-refractivity contribution is 6.06. The number of carbonyl (C=O) groups excluding carboxylic acids is 1. The monoisotopic (exact) mass is 372 g/mol. The summed E-state index contributed by atoms with van der Waals surface area (Å²) in [7, 11) is 0. The minimum Gasteiger partial charge on any atom is -0.316 e. The van der Waals surface area contributed by atoms with E-state index in [4.69, 9.17) is 0 Å². The third kappa shape index (κ3) is 3.07. The van der Waals surface area contributed by atoms with Crippen LogP contribution >= 0.6 is 0 Å². The van der Waals surface area contributed by atoms with E-state index in [2.05, 4.69) is 5.32 Å². The third-order valence-corrected chi connectivity index (χ3v) is 4.33. The molecule has 27 heavy (non-hydrogen) atoms. The van der Waals surface area contributed by atoms with Crippen LogP contribution in [0.2, 0.25) is 0 Å². The van der Waals surface area contributed by atoms with Gasteiger partial charge in [0.05, 0.1) is 21.5 Å². The molecule has 3 aromatic rings. The molecule has 0 aliphatic carbocycles. The van der Waals surface area contributed by atoms with E-state index >= 15 is 0 Å². The normalized spacial score (nSPS) is 10.9. The molecule has 1 aromatic heterocycles. The van der Waals surface area contributed by atoms with Crippen molar-refractivity contribution in [3.8, 4) is 0 Å². The van der Waals surface area contributed by atoms with Gasteiger partial charge in [-0.15, -0.1) is 0 Å². The fraction of sp³-hybridized carbons (Fsp3) is 0.222. The van der Waals surface area contributed by atoms with Crippen LogP contribution in [-0.4, -0.2) is 20.0 Å². The Balaban J connectivity index is 2.18. The summed E-state index contributed by atoms with van der Waals surface area (Å²) in [5, 5.41) is 13.9. The van der Waals surface area contributed by atoms with Crippen LogP contribution in [0.15, 0.2) is 41.2 Å². The average molecular weight is 372 g/mol. The summed E-state index contributed by atoms with van der Waals surface area (Å²) in [6.07, 6.45) is 0. The van der Waals surface area contributed by atoms with Crippen molar-refractivity contribution in [3.63, 3.8) is 0 Å². The van der Waals surface area contributed by atoms with Crippen LogP contribution in [0.1, 0.15) is 24.2 Å². The topological polar surface area (TPSA) is 99.2 Å². The number of hydrogen-bond donors (Lipinski definition) is 1. The van der Waals surface area contributed by atoms with E-state index in [1.54, 1.807) is 13.8 Å². The number of nitrogens with one attached hydrogen (secondary N) is 1. The fourth-order valence-corrected chi connectivity index (χ4v) is 3.05. The van der Waals surface area contributed by atoms with Gasteiger partial charge in [-0.3, -0.25) is 24.0 Å². The Kier molecular flexibility index (Phi) is 4.76. The Labute approximate surface area is 153 Å². The molecule has 1 N–H and O–H groups in total. The van der Waals surface area contributed by atoms with Crippen LogP contribution in [-0.2, 0) is 13.1 Å². The summed E-state index contributed by atoms with van der Waals surface area (Å²) in [4.78, 5) is 35.7. The maximum atomic E-state index is 13.8. The second-order valence-corrected chi connectivity index (χ2v) is 5.82. The second kappa shape index (κ2) is 7.02. The van der Waals surface area contributed by atoms with Gasteiger partial charge in [0.25, 0.3) is 11.6 Å². The molecule has 140 valence electrons. The Morgan fingerprint density at radius 1 is 1.15 bits per heavy atom. The molecular weight excluding hydrogens is 355 g/mol.